The van der Waals surface area contributed by atoms with Crippen LogP contribution in [0.15, 0.2) is 0 Å². The monoisotopic (exact) mass is 288 g/mol. The molecule has 0 aromatic heterocycles. The molecule has 5 nitrogen and oxygen atoms in total. The first kappa shape index (κ1) is 14.8. The highest BCUT2D eigenvalue weighted by molar-refractivity contribution is 7.91. The first-order chi connectivity index (χ1) is 8.98. The molecule has 1 aliphatic heterocycles. The van der Waals surface area contributed by atoms with E-state index in [2.05, 4.69) is 0 Å². The van der Waals surface area contributed by atoms with Gasteiger partial charge in [0.25, 0.3) is 0 Å². The molecule has 19 heavy (non-hydrogen) atoms. The maximum atomic E-state index is 12.5. The third-order valence-corrected chi connectivity index (χ3v) is 6.30. The van der Waals surface area contributed by atoms with E-state index in [9.17, 15) is 13.2 Å². The van der Waals surface area contributed by atoms with Crippen LogP contribution in [0.4, 0.5) is 0 Å². The van der Waals surface area contributed by atoms with Crippen LogP contribution in [0, 0.1) is 11.8 Å². The number of nitrogens with two attached hydrogens (primary N) is 1. The molecular weight excluding hydrogens is 264 g/mol. The van der Waals surface area contributed by atoms with Gasteiger partial charge in [-0.15, -0.1) is 0 Å². The quantitative estimate of drug-likeness (QED) is 0.812. The van der Waals surface area contributed by atoms with Gasteiger partial charge in [0.15, 0.2) is 9.84 Å². The molecule has 2 fully saturated rings. The lowest BCUT2D eigenvalue weighted by Crippen LogP contribution is -2.46. The van der Waals surface area contributed by atoms with Crippen molar-refractivity contribution in [3.05, 3.63) is 0 Å². The van der Waals surface area contributed by atoms with Crippen molar-refractivity contribution in [2.45, 2.75) is 38.6 Å². The lowest BCUT2D eigenvalue weighted by atomic mass is 9.99. The van der Waals surface area contributed by atoms with Crippen LogP contribution in [-0.2, 0) is 14.6 Å². The summed E-state index contributed by atoms with van der Waals surface area (Å²) in [6.45, 7) is 3.22. The fourth-order valence-corrected chi connectivity index (χ4v) is 5.21. The van der Waals surface area contributed by atoms with Crippen LogP contribution in [0.5, 0.6) is 0 Å². The maximum absolute atomic E-state index is 12.5. The van der Waals surface area contributed by atoms with Gasteiger partial charge in [0.1, 0.15) is 0 Å². The van der Waals surface area contributed by atoms with Crippen LogP contribution in [-0.4, -0.2) is 49.9 Å². The Bertz CT molecular complexity index is 435. The molecule has 110 valence electrons. The van der Waals surface area contributed by atoms with Crippen molar-refractivity contribution < 1.29 is 13.2 Å². The fraction of sp³-hybridized carbons (Fsp3) is 0.923. The lowest BCUT2D eigenvalue weighted by molar-refractivity contribution is -0.137. The van der Waals surface area contributed by atoms with E-state index in [4.69, 9.17) is 5.73 Å². The van der Waals surface area contributed by atoms with Crippen molar-refractivity contribution in [2.75, 3.05) is 24.6 Å². The summed E-state index contributed by atoms with van der Waals surface area (Å²) in [6, 6.07) is 0.214. The van der Waals surface area contributed by atoms with Crippen LogP contribution >= 0.6 is 0 Å². The molecule has 0 aromatic carbocycles. The van der Waals surface area contributed by atoms with Gasteiger partial charge in [-0.25, -0.2) is 8.42 Å². The number of amides is 1. The highest BCUT2D eigenvalue weighted by Crippen LogP contribution is 2.31. The fourth-order valence-electron chi connectivity index (χ4n) is 3.48. The number of carbonyl (C=O) groups excluding carboxylic acids is 1. The standard InChI is InChI=1S/C13H24N2O3S/c1-2-15(12-5-3-4-10(12)8-14)13(16)11-6-7-19(17,18)9-11/h10-12H,2-9,14H2,1H3. The zero-order chi connectivity index (χ0) is 14.0. The minimum atomic E-state index is -3.00. The van der Waals surface area contributed by atoms with Crippen molar-refractivity contribution >= 4 is 15.7 Å². The summed E-state index contributed by atoms with van der Waals surface area (Å²) in [7, 11) is -3.00. The van der Waals surface area contributed by atoms with E-state index in [0.717, 1.165) is 19.3 Å². The zero-order valence-electron chi connectivity index (χ0n) is 11.5. The molecule has 1 amide bonds. The molecule has 3 unspecified atom stereocenters. The Labute approximate surface area is 115 Å². The Morgan fingerprint density at radius 2 is 2.05 bits per heavy atom. The number of carbonyl (C=O) groups is 1. The second-order valence-corrected chi connectivity index (χ2v) is 7.95. The zero-order valence-corrected chi connectivity index (χ0v) is 12.4. The molecule has 2 N–H and O–H groups in total. The Hall–Kier alpha value is -0.620. The van der Waals surface area contributed by atoms with Gasteiger partial charge in [-0.3, -0.25) is 4.79 Å². The van der Waals surface area contributed by atoms with Crippen LogP contribution in [0.3, 0.4) is 0 Å². The number of sulfone groups is 1. The molecule has 2 rings (SSSR count). The number of hydrogen-bond donors (Lipinski definition) is 1. The summed E-state index contributed by atoms with van der Waals surface area (Å²) < 4.78 is 23.0. The molecule has 2 aliphatic rings. The van der Waals surface area contributed by atoms with Crippen molar-refractivity contribution in [2.24, 2.45) is 17.6 Å². The van der Waals surface area contributed by atoms with E-state index in [1.165, 1.54) is 0 Å². The Balaban J connectivity index is 2.07. The predicted molar refractivity (Wildman–Crippen MR) is 74.3 cm³/mol. The minimum Gasteiger partial charge on any atom is -0.339 e. The summed E-state index contributed by atoms with van der Waals surface area (Å²) in [5.41, 5.74) is 5.78. The largest absolute Gasteiger partial charge is 0.339 e. The van der Waals surface area contributed by atoms with Crippen molar-refractivity contribution in [3.63, 3.8) is 0 Å². The molecule has 1 saturated carbocycles. The SMILES string of the molecule is CCN(C(=O)C1CCS(=O)(=O)C1)C1CCCC1CN. The van der Waals surface area contributed by atoms with Gasteiger partial charge in [-0.05, 0) is 38.6 Å². The first-order valence-electron chi connectivity index (χ1n) is 7.19. The van der Waals surface area contributed by atoms with E-state index in [0.29, 0.717) is 25.4 Å². The van der Waals surface area contributed by atoms with Crippen molar-refractivity contribution in [3.8, 4) is 0 Å². The first-order valence-corrected chi connectivity index (χ1v) is 9.01. The molecular formula is C13H24N2O3S. The lowest BCUT2D eigenvalue weighted by Gasteiger charge is -2.33. The molecule has 0 radical (unpaired) electrons. The van der Waals surface area contributed by atoms with Gasteiger partial charge >= 0.3 is 0 Å². The summed E-state index contributed by atoms with van der Waals surface area (Å²) in [5, 5.41) is 0. The van der Waals surface area contributed by atoms with Crippen LogP contribution in [0.1, 0.15) is 32.6 Å². The summed E-state index contributed by atoms with van der Waals surface area (Å²) >= 11 is 0. The van der Waals surface area contributed by atoms with E-state index < -0.39 is 9.84 Å². The molecule has 1 saturated heterocycles. The number of rotatable bonds is 4. The molecule has 6 heteroatoms. The third kappa shape index (κ3) is 3.11. The van der Waals surface area contributed by atoms with E-state index in [1.807, 2.05) is 11.8 Å². The average Bonchev–Trinajstić information content (AvgIpc) is 2.96. The highest BCUT2D eigenvalue weighted by atomic mass is 32.2. The Kier molecular flexibility index (Phi) is 4.50. The maximum Gasteiger partial charge on any atom is 0.226 e. The molecule has 0 spiro atoms. The summed E-state index contributed by atoms with van der Waals surface area (Å²) in [6.07, 6.45) is 3.67. The van der Waals surface area contributed by atoms with Gasteiger partial charge in [0.2, 0.25) is 5.91 Å². The van der Waals surface area contributed by atoms with Crippen LogP contribution in [0.25, 0.3) is 0 Å². The molecule has 0 bridgehead atoms. The predicted octanol–water partition coefficient (Wildman–Crippen LogP) is 0.397. The minimum absolute atomic E-state index is 0.0222. The highest BCUT2D eigenvalue weighted by Gasteiger charge is 2.39. The van der Waals surface area contributed by atoms with Crippen molar-refractivity contribution in [1.82, 2.24) is 4.90 Å². The van der Waals surface area contributed by atoms with Gasteiger partial charge in [0, 0.05) is 12.6 Å². The van der Waals surface area contributed by atoms with Gasteiger partial charge in [0.05, 0.1) is 17.4 Å². The van der Waals surface area contributed by atoms with Gasteiger partial charge in [-0.1, -0.05) is 6.42 Å². The second kappa shape index (κ2) is 5.79. The topological polar surface area (TPSA) is 80.5 Å². The van der Waals surface area contributed by atoms with Crippen LogP contribution < -0.4 is 5.73 Å². The number of nitrogens with zero attached hydrogens (tertiary/aromatic N) is 1. The molecule has 1 aliphatic carbocycles. The molecule has 1 heterocycles. The summed E-state index contributed by atoms with van der Waals surface area (Å²) in [5.74, 6) is 0.258. The molecule has 0 aromatic rings. The number of hydrogen-bond acceptors (Lipinski definition) is 4. The van der Waals surface area contributed by atoms with E-state index in [1.54, 1.807) is 0 Å². The normalized spacial score (nSPS) is 33.5. The summed E-state index contributed by atoms with van der Waals surface area (Å²) in [4.78, 5) is 14.4. The second-order valence-electron chi connectivity index (χ2n) is 5.72. The van der Waals surface area contributed by atoms with Gasteiger partial charge in [-0.2, -0.15) is 0 Å². The van der Waals surface area contributed by atoms with Gasteiger partial charge < -0.3 is 10.6 Å². The average molecular weight is 288 g/mol. The van der Waals surface area contributed by atoms with Crippen LogP contribution in [0.2, 0.25) is 0 Å². The Morgan fingerprint density at radius 3 is 2.58 bits per heavy atom. The van der Waals surface area contributed by atoms with E-state index in [-0.39, 0.29) is 29.4 Å². The van der Waals surface area contributed by atoms with E-state index >= 15 is 0 Å². The third-order valence-electron chi connectivity index (χ3n) is 4.53. The van der Waals surface area contributed by atoms with Crippen molar-refractivity contribution in [1.29, 1.82) is 0 Å². The smallest absolute Gasteiger partial charge is 0.226 e. The Morgan fingerprint density at radius 1 is 1.32 bits per heavy atom. The molecule has 3 atom stereocenters.